The summed E-state index contributed by atoms with van der Waals surface area (Å²) in [6.07, 6.45) is 2.30. The highest BCUT2D eigenvalue weighted by Crippen LogP contribution is 2.39. The fourth-order valence-electron chi connectivity index (χ4n) is 6.74. The number of rotatable bonds is 10. The first-order valence-corrected chi connectivity index (χ1v) is 16.5. The van der Waals surface area contributed by atoms with Gasteiger partial charge in [-0.2, -0.15) is 0 Å². The third-order valence-corrected chi connectivity index (χ3v) is 9.75. The predicted molar refractivity (Wildman–Crippen MR) is 187 cm³/mol. The van der Waals surface area contributed by atoms with Gasteiger partial charge in [-0.25, -0.2) is 9.97 Å². The van der Waals surface area contributed by atoms with Gasteiger partial charge in [-0.15, -0.1) is 0 Å². The molecule has 3 aliphatic rings. The minimum atomic E-state index is -0.543. The number of esters is 2. The predicted octanol–water partition coefficient (Wildman–Crippen LogP) is 6.56. The number of carbonyl (C=O) groups excluding carboxylic acids is 2. The van der Waals surface area contributed by atoms with Crippen LogP contribution in [0.5, 0.6) is 0 Å². The lowest BCUT2D eigenvalue weighted by atomic mass is 9.98. The molecule has 10 nitrogen and oxygen atoms in total. The van der Waals surface area contributed by atoms with Gasteiger partial charge in [-0.05, 0) is 116 Å². The van der Waals surface area contributed by atoms with Gasteiger partial charge in [0.15, 0.2) is 0 Å². The number of H-pyrrole nitrogens is 2. The number of ether oxygens (including phenoxy) is 3. The summed E-state index contributed by atoms with van der Waals surface area (Å²) in [6.45, 7) is 10.8. The summed E-state index contributed by atoms with van der Waals surface area (Å²) in [4.78, 5) is 42.0. The lowest BCUT2D eigenvalue weighted by Gasteiger charge is -2.07. The summed E-state index contributed by atoms with van der Waals surface area (Å²) in [6, 6.07) is 8.24. The standard InChI is InChI=1S/C38H44N4O6/c1-19(43)12-27-22(4)30-14-29-20(2)25(8-10-37(44)46-6)33(39-29)17-34-26(9-11-38(45)47-7)21(3)31(40-34)15-36-28(13-24-18-48-24)23(5)32(42-36)16-35(27)41-30/h14-17,19,24,39-40,43H,8-13,18H2,1-7H3. The molecule has 3 aromatic rings. The molecular weight excluding hydrogens is 608 g/mol. The fraction of sp³-hybridized carbons (Fsp3) is 0.421. The lowest BCUT2D eigenvalue weighted by molar-refractivity contribution is -0.141. The molecule has 3 N–H and O–H groups in total. The molecule has 1 fully saturated rings. The molecule has 3 aliphatic heterocycles. The third kappa shape index (κ3) is 6.73. The van der Waals surface area contributed by atoms with Crippen molar-refractivity contribution < 1.29 is 28.9 Å². The van der Waals surface area contributed by atoms with Gasteiger partial charge in [0.25, 0.3) is 0 Å². The van der Waals surface area contributed by atoms with Crippen molar-refractivity contribution in [3.8, 4) is 0 Å². The molecule has 8 bridgehead atoms. The summed E-state index contributed by atoms with van der Waals surface area (Å²) in [7, 11) is 2.80. The van der Waals surface area contributed by atoms with Gasteiger partial charge in [0.2, 0.25) is 0 Å². The first-order valence-electron chi connectivity index (χ1n) is 16.5. The van der Waals surface area contributed by atoms with E-state index in [0.29, 0.717) is 19.3 Å². The van der Waals surface area contributed by atoms with Crippen LogP contribution in [0.2, 0.25) is 0 Å². The number of aromatic nitrogens is 4. The van der Waals surface area contributed by atoms with E-state index in [2.05, 4.69) is 35.9 Å². The molecule has 6 heterocycles. The molecule has 2 unspecified atom stereocenters. The topological polar surface area (TPSA) is 143 Å². The lowest BCUT2D eigenvalue weighted by Crippen LogP contribution is -2.02. The molecule has 1 saturated heterocycles. The Hall–Kier alpha value is -4.54. The summed E-state index contributed by atoms with van der Waals surface area (Å²) in [5, 5.41) is 10.5. The third-order valence-electron chi connectivity index (χ3n) is 9.75. The second-order valence-corrected chi connectivity index (χ2v) is 13.0. The minimum absolute atomic E-state index is 0.172. The molecule has 2 atom stereocenters. The minimum Gasteiger partial charge on any atom is -0.469 e. The van der Waals surface area contributed by atoms with E-state index in [1.807, 2.05) is 26.0 Å². The van der Waals surface area contributed by atoms with Crippen molar-refractivity contribution in [2.24, 2.45) is 0 Å². The molecule has 0 aromatic carbocycles. The van der Waals surface area contributed by atoms with Crippen LogP contribution in [0.15, 0.2) is 24.3 Å². The van der Waals surface area contributed by atoms with E-state index in [9.17, 15) is 14.7 Å². The molecule has 0 radical (unpaired) electrons. The number of allylic oxidation sites excluding steroid dienone is 2. The van der Waals surface area contributed by atoms with Crippen LogP contribution < -0.4 is 0 Å². The molecule has 0 amide bonds. The van der Waals surface area contributed by atoms with Crippen LogP contribution in [0.25, 0.3) is 44.4 Å². The quantitative estimate of drug-likeness (QED) is 0.165. The number of aliphatic hydroxyl groups is 1. The number of nitrogens with zero attached hydrogens (tertiary/aromatic N) is 2. The Balaban J connectivity index is 1.69. The molecule has 252 valence electrons. The monoisotopic (exact) mass is 652 g/mol. The number of epoxide rings is 1. The SMILES string of the molecule is COC(=O)CCc1c(C)c2cc3nc(cc4nc(cc5[nH]c(cc1[nH]2)c(CCC(=O)OC)c5C)C(CC1CO1)=C4C)C(CC(C)O)=C3C. The summed E-state index contributed by atoms with van der Waals surface area (Å²) in [5.74, 6) is -0.554. The number of hydrogen-bond acceptors (Lipinski definition) is 8. The zero-order valence-electron chi connectivity index (χ0n) is 28.8. The largest absolute Gasteiger partial charge is 0.469 e. The van der Waals surface area contributed by atoms with E-state index in [4.69, 9.17) is 24.2 Å². The first-order chi connectivity index (χ1) is 23.0. The van der Waals surface area contributed by atoms with E-state index in [1.165, 1.54) is 14.2 Å². The Kier molecular flexibility index (Phi) is 9.40. The van der Waals surface area contributed by atoms with Gasteiger partial charge in [-0.1, -0.05) is 0 Å². The number of fused-ring (bicyclic) bond motifs is 8. The van der Waals surface area contributed by atoms with Crippen LogP contribution in [-0.2, 0) is 36.6 Å². The van der Waals surface area contributed by atoms with Crippen molar-refractivity contribution in [2.45, 2.75) is 85.4 Å². The molecular formula is C38H44N4O6. The van der Waals surface area contributed by atoms with Crippen molar-refractivity contribution in [1.29, 1.82) is 0 Å². The summed E-state index contributed by atoms with van der Waals surface area (Å²) >= 11 is 0. The molecule has 0 spiro atoms. The Labute approximate surface area is 280 Å². The molecule has 6 rings (SSSR count). The van der Waals surface area contributed by atoms with E-state index >= 15 is 0 Å². The van der Waals surface area contributed by atoms with Crippen molar-refractivity contribution in [3.63, 3.8) is 0 Å². The number of aryl methyl sites for hydroxylation is 4. The highest BCUT2D eigenvalue weighted by molar-refractivity contribution is 5.96. The number of methoxy groups -OCH3 is 2. The first kappa shape index (κ1) is 33.4. The van der Waals surface area contributed by atoms with Gasteiger partial charge < -0.3 is 29.3 Å². The van der Waals surface area contributed by atoms with Crippen molar-refractivity contribution in [3.05, 3.63) is 69.3 Å². The van der Waals surface area contributed by atoms with Crippen molar-refractivity contribution >= 4 is 56.3 Å². The van der Waals surface area contributed by atoms with Gasteiger partial charge in [-0.3, -0.25) is 9.59 Å². The average molecular weight is 653 g/mol. The average Bonchev–Trinajstić information content (AvgIpc) is 3.61. The molecule has 48 heavy (non-hydrogen) atoms. The van der Waals surface area contributed by atoms with E-state index in [1.54, 1.807) is 6.92 Å². The highest BCUT2D eigenvalue weighted by Gasteiger charge is 2.29. The van der Waals surface area contributed by atoms with Gasteiger partial charge in [0, 0.05) is 47.8 Å². The number of hydrogen-bond donors (Lipinski definition) is 3. The van der Waals surface area contributed by atoms with Crippen LogP contribution in [-0.4, -0.2) is 70.0 Å². The molecule has 0 aliphatic carbocycles. The number of carbonyl (C=O) groups is 2. The zero-order valence-corrected chi connectivity index (χ0v) is 28.8. The number of aliphatic hydroxyl groups excluding tert-OH is 1. The smallest absolute Gasteiger partial charge is 0.305 e. The summed E-state index contributed by atoms with van der Waals surface area (Å²) in [5.41, 5.74) is 15.0. The second kappa shape index (κ2) is 13.5. The van der Waals surface area contributed by atoms with E-state index in [-0.39, 0.29) is 30.9 Å². The van der Waals surface area contributed by atoms with Crippen molar-refractivity contribution in [2.75, 3.05) is 20.8 Å². The molecule has 0 saturated carbocycles. The molecule has 10 heteroatoms. The van der Waals surface area contributed by atoms with Crippen LogP contribution in [0.4, 0.5) is 0 Å². The van der Waals surface area contributed by atoms with Crippen LogP contribution in [0.1, 0.15) is 91.5 Å². The van der Waals surface area contributed by atoms with Crippen LogP contribution >= 0.6 is 0 Å². The maximum atomic E-state index is 12.3. The Morgan fingerprint density at radius 2 is 1.27 bits per heavy atom. The second-order valence-electron chi connectivity index (χ2n) is 13.0. The Bertz CT molecular complexity index is 2030. The summed E-state index contributed by atoms with van der Waals surface area (Å²) < 4.78 is 15.6. The van der Waals surface area contributed by atoms with E-state index < -0.39 is 6.10 Å². The normalized spacial score (nSPS) is 16.4. The Morgan fingerprint density at radius 3 is 1.77 bits per heavy atom. The van der Waals surface area contributed by atoms with Gasteiger partial charge in [0.05, 0.1) is 55.8 Å². The van der Waals surface area contributed by atoms with Crippen LogP contribution in [0.3, 0.4) is 0 Å². The zero-order chi connectivity index (χ0) is 34.3. The molecule has 3 aromatic heterocycles. The highest BCUT2D eigenvalue weighted by atomic mass is 16.6. The maximum absolute atomic E-state index is 12.3. The number of nitrogens with one attached hydrogen (secondary N) is 2. The van der Waals surface area contributed by atoms with Gasteiger partial charge in [0.1, 0.15) is 0 Å². The van der Waals surface area contributed by atoms with Gasteiger partial charge >= 0.3 is 11.9 Å². The van der Waals surface area contributed by atoms with Crippen LogP contribution in [0, 0.1) is 13.8 Å². The van der Waals surface area contributed by atoms with E-state index in [0.717, 1.165) is 102 Å². The Morgan fingerprint density at radius 1 is 0.792 bits per heavy atom. The van der Waals surface area contributed by atoms with Crippen molar-refractivity contribution in [1.82, 2.24) is 19.9 Å². The maximum Gasteiger partial charge on any atom is 0.305 e. The number of aromatic amines is 2. The fourth-order valence-corrected chi connectivity index (χ4v) is 6.74.